The molecule has 0 amide bonds. The first-order valence-corrected chi connectivity index (χ1v) is 6.25. The van der Waals surface area contributed by atoms with Crippen molar-refractivity contribution in [2.24, 2.45) is 5.10 Å². The monoisotopic (exact) mass is 289 g/mol. The van der Waals surface area contributed by atoms with Gasteiger partial charge in [-0.25, -0.2) is 0 Å². The molecule has 0 spiro atoms. The second-order valence-electron chi connectivity index (χ2n) is 4.09. The molecule has 0 aliphatic heterocycles. The third-order valence-corrected chi connectivity index (χ3v) is 2.96. The molecule has 2 aromatic rings. The number of hydrogen-bond donors (Lipinski definition) is 1. The fraction of sp³-hybridized carbons (Fsp3) is 0.0714. The molecule has 0 aromatic heterocycles. The van der Waals surface area contributed by atoms with E-state index in [1.54, 1.807) is 30.3 Å². The van der Waals surface area contributed by atoms with Crippen LogP contribution in [0.3, 0.4) is 0 Å². The number of halogens is 1. The first-order chi connectivity index (χ1) is 9.58. The normalized spacial score (nSPS) is 11.2. The van der Waals surface area contributed by atoms with Crippen LogP contribution in [0.1, 0.15) is 12.5 Å². The van der Waals surface area contributed by atoms with Crippen molar-refractivity contribution >= 4 is 28.7 Å². The average molecular weight is 290 g/mol. The maximum Gasteiger partial charge on any atom is 0.294 e. The zero-order valence-corrected chi connectivity index (χ0v) is 11.5. The van der Waals surface area contributed by atoms with Gasteiger partial charge in [-0.05, 0) is 30.7 Å². The van der Waals surface area contributed by atoms with E-state index in [2.05, 4.69) is 10.5 Å². The highest BCUT2D eigenvalue weighted by atomic mass is 35.5. The Balaban J connectivity index is 2.21. The molecule has 0 bridgehead atoms. The minimum absolute atomic E-state index is 0.0137. The second-order valence-corrected chi connectivity index (χ2v) is 4.53. The van der Waals surface area contributed by atoms with Crippen LogP contribution in [0.15, 0.2) is 53.6 Å². The Hall–Kier alpha value is -2.40. The molecule has 102 valence electrons. The molecule has 0 unspecified atom stereocenters. The highest BCUT2D eigenvalue weighted by Crippen LogP contribution is 2.23. The van der Waals surface area contributed by atoms with Gasteiger partial charge in [-0.1, -0.05) is 35.9 Å². The molecule has 0 aliphatic carbocycles. The summed E-state index contributed by atoms with van der Waals surface area (Å²) < 4.78 is 0. The molecule has 1 N–H and O–H groups in total. The molecular weight excluding hydrogens is 278 g/mol. The SMILES string of the molecule is CC(=NNc1ccccc1[N+](=O)[O-])c1ccc(Cl)cc1. The van der Waals surface area contributed by atoms with Gasteiger partial charge < -0.3 is 0 Å². The smallest absolute Gasteiger partial charge is 0.271 e. The van der Waals surface area contributed by atoms with Gasteiger partial charge in [0, 0.05) is 11.1 Å². The number of anilines is 1. The summed E-state index contributed by atoms with van der Waals surface area (Å²) in [5.74, 6) is 0. The van der Waals surface area contributed by atoms with E-state index in [0.29, 0.717) is 16.4 Å². The Morgan fingerprint density at radius 3 is 2.50 bits per heavy atom. The Kier molecular flexibility index (Phi) is 4.32. The molecule has 2 rings (SSSR count). The number of para-hydroxylation sites is 2. The van der Waals surface area contributed by atoms with Crippen LogP contribution >= 0.6 is 11.6 Å². The lowest BCUT2D eigenvalue weighted by atomic mass is 10.1. The zero-order valence-electron chi connectivity index (χ0n) is 10.7. The van der Waals surface area contributed by atoms with E-state index in [1.807, 2.05) is 19.1 Å². The van der Waals surface area contributed by atoms with Crippen molar-refractivity contribution in [3.8, 4) is 0 Å². The van der Waals surface area contributed by atoms with Crippen molar-refractivity contribution < 1.29 is 4.92 Å². The van der Waals surface area contributed by atoms with Gasteiger partial charge in [-0.2, -0.15) is 5.10 Å². The predicted octanol–water partition coefficient (Wildman–Crippen LogP) is 4.08. The van der Waals surface area contributed by atoms with E-state index >= 15 is 0 Å². The van der Waals surface area contributed by atoms with Gasteiger partial charge in [0.25, 0.3) is 5.69 Å². The molecule has 0 aliphatic rings. The van der Waals surface area contributed by atoms with Crippen molar-refractivity contribution in [3.05, 3.63) is 69.2 Å². The second kappa shape index (κ2) is 6.16. The van der Waals surface area contributed by atoms with E-state index in [-0.39, 0.29) is 5.69 Å². The lowest BCUT2D eigenvalue weighted by Crippen LogP contribution is -2.01. The van der Waals surface area contributed by atoms with Crippen LogP contribution in [0.4, 0.5) is 11.4 Å². The van der Waals surface area contributed by atoms with Crippen molar-refractivity contribution in [1.29, 1.82) is 0 Å². The number of rotatable bonds is 4. The molecule has 0 atom stereocenters. The number of hydrogen-bond acceptors (Lipinski definition) is 4. The lowest BCUT2D eigenvalue weighted by Gasteiger charge is -2.04. The van der Waals surface area contributed by atoms with Crippen molar-refractivity contribution in [1.82, 2.24) is 0 Å². The molecule has 0 radical (unpaired) electrons. The molecule has 20 heavy (non-hydrogen) atoms. The molecular formula is C14H12ClN3O2. The van der Waals surface area contributed by atoms with Crippen LogP contribution in [0.25, 0.3) is 0 Å². The van der Waals surface area contributed by atoms with E-state index in [1.165, 1.54) is 6.07 Å². The largest absolute Gasteiger partial charge is 0.294 e. The third-order valence-electron chi connectivity index (χ3n) is 2.71. The first kappa shape index (κ1) is 14.0. The summed E-state index contributed by atoms with van der Waals surface area (Å²) in [6.45, 7) is 1.81. The van der Waals surface area contributed by atoms with Gasteiger partial charge in [0.1, 0.15) is 5.69 Å². The van der Waals surface area contributed by atoms with Crippen molar-refractivity contribution in [2.45, 2.75) is 6.92 Å². The quantitative estimate of drug-likeness (QED) is 0.524. The highest BCUT2D eigenvalue weighted by molar-refractivity contribution is 6.30. The molecule has 0 heterocycles. The Bertz CT molecular complexity index is 654. The van der Waals surface area contributed by atoms with E-state index in [9.17, 15) is 10.1 Å². The maximum absolute atomic E-state index is 10.9. The van der Waals surface area contributed by atoms with Crippen LogP contribution in [0.5, 0.6) is 0 Å². The predicted molar refractivity (Wildman–Crippen MR) is 80.4 cm³/mol. The summed E-state index contributed by atoms with van der Waals surface area (Å²) in [5, 5.41) is 15.7. The zero-order chi connectivity index (χ0) is 14.5. The van der Waals surface area contributed by atoms with Crippen LogP contribution < -0.4 is 5.43 Å². The number of nitro groups is 1. The number of nitrogens with one attached hydrogen (secondary N) is 1. The summed E-state index contributed by atoms with van der Waals surface area (Å²) in [6, 6.07) is 13.6. The van der Waals surface area contributed by atoms with Gasteiger partial charge in [0.2, 0.25) is 0 Å². The van der Waals surface area contributed by atoms with Crippen molar-refractivity contribution in [2.75, 3.05) is 5.43 Å². The van der Waals surface area contributed by atoms with E-state index < -0.39 is 4.92 Å². The van der Waals surface area contributed by atoms with Gasteiger partial charge in [-0.15, -0.1) is 0 Å². The molecule has 0 fully saturated rings. The summed E-state index contributed by atoms with van der Waals surface area (Å²) in [7, 11) is 0. The molecule has 0 saturated carbocycles. The summed E-state index contributed by atoms with van der Waals surface area (Å²) >= 11 is 5.81. The third kappa shape index (κ3) is 3.33. The fourth-order valence-electron chi connectivity index (χ4n) is 1.63. The number of nitrogens with zero attached hydrogens (tertiary/aromatic N) is 2. The van der Waals surface area contributed by atoms with Crippen LogP contribution in [-0.2, 0) is 0 Å². The van der Waals surface area contributed by atoms with Crippen LogP contribution in [-0.4, -0.2) is 10.6 Å². The summed E-state index contributed by atoms with van der Waals surface area (Å²) in [6.07, 6.45) is 0. The van der Waals surface area contributed by atoms with Gasteiger partial charge in [0.05, 0.1) is 10.6 Å². The lowest BCUT2D eigenvalue weighted by molar-refractivity contribution is -0.384. The fourth-order valence-corrected chi connectivity index (χ4v) is 1.75. The van der Waals surface area contributed by atoms with Crippen molar-refractivity contribution in [3.63, 3.8) is 0 Å². The Morgan fingerprint density at radius 1 is 1.20 bits per heavy atom. The minimum Gasteiger partial charge on any atom is -0.271 e. The number of benzene rings is 2. The highest BCUT2D eigenvalue weighted by Gasteiger charge is 2.11. The van der Waals surface area contributed by atoms with E-state index in [0.717, 1.165) is 5.56 Å². The minimum atomic E-state index is -0.449. The number of hydrazone groups is 1. The molecule has 0 saturated heterocycles. The van der Waals surface area contributed by atoms with Gasteiger partial charge in [-0.3, -0.25) is 15.5 Å². The summed E-state index contributed by atoms with van der Waals surface area (Å²) in [5.41, 5.74) is 4.66. The number of nitro benzene ring substituents is 1. The Labute approximate surface area is 121 Å². The Morgan fingerprint density at radius 2 is 1.85 bits per heavy atom. The standard InChI is InChI=1S/C14H12ClN3O2/c1-10(11-6-8-12(15)9-7-11)16-17-13-4-2-3-5-14(13)18(19)20/h2-9,17H,1H3. The van der Waals surface area contributed by atoms with E-state index in [4.69, 9.17) is 11.6 Å². The maximum atomic E-state index is 10.9. The van der Waals surface area contributed by atoms with Crippen LogP contribution in [0, 0.1) is 10.1 Å². The van der Waals surface area contributed by atoms with Gasteiger partial charge >= 0.3 is 0 Å². The molecule has 6 heteroatoms. The summed E-state index contributed by atoms with van der Waals surface area (Å²) in [4.78, 5) is 10.4. The average Bonchev–Trinajstić information content (AvgIpc) is 2.45. The van der Waals surface area contributed by atoms with Gasteiger partial charge in [0.15, 0.2) is 0 Å². The first-order valence-electron chi connectivity index (χ1n) is 5.87. The van der Waals surface area contributed by atoms with Crippen LogP contribution in [0.2, 0.25) is 5.02 Å². The topological polar surface area (TPSA) is 67.5 Å². The molecule has 2 aromatic carbocycles. The molecule has 5 nitrogen and oxygen atoms in total.